The second-order valence-electron chi connectivity index (χ2n) is 39.3. The highest BCUT2D eigenvalue weighted by Crippen LogP contribution is 2.53. The van der Waals surface area contributed by atoms with Crippen molar-refractivity contribution in [3.05, 3.63) is 557 Å². The van der Waals surface area contributed by atoms with E-state index < -0.39 is 0 Å². The molecule has 30 rings (SSSR count). The minimum atomic E-state index is -0.0774. The van der Waals surface area contributed by atoms with Crippen molar-refractivity contribution in [2.45, 2.75) is 19.3 Å². The van der Waals surface area contributed by atoms with Crippen LogP contribution in [-0.2, 0) is 5.41 Å². The topological polar surface area (TPSA) is 29.6 Å². The molecule has 6 heterocycles. The summed E-state index contributed by atoms with van der Waals surface area (Å²) in [5.74, 6) is 0. The van der Waals surface area contributed by atoms with Gasteiger partial charge in [0.1, 0.15) is 0 Å². The standard InChI is InChI=1S/C51H36N2.C48H32N2.C42H28N2/c1-51(2)44-23-9-6-20-39(44)40-27-26-38(32-45(40)51)52-47-25-11-8-22-43(47)49-48(52)29-28-42-41-21-7-10-24-46(41)53(50(42)49)37-19-13-18-36(31-37)35-17-12-16-34(30-35)33-14-4-3-5-15-33;1-3-16-33(17-4-1)35-20-15-21-36(30-35)49-44-27-12-10-25-40(44)42-32-48-43(31-47(42)49)41-26-11-14-29-46(41)50(48)45-28-13-9-24-39(45)38-23-8-7-22-37(38)34-18-5-2-6-19-34;1-3-12-29(13-4-1)31-14-11-15-32(28-31)30-22-24-34(25-23-30)44-38-20-9-7-18-35(38)36-26-27-40-41(42(36)44)37-19-8-10-21-39(37)43(40)33-16-5-2-6-17-33/h3-32H,1-2H3;1-32H;1-28H. The van der Waals surface area contributed by atoms with Crippen molar-refractivity contribution in [2.24, 2.45) is 0 Å². The van der Waals surface area contributed by atoms with Crippen molar-refractivity contribution in [1.29, 1.82) is 0 Å². The summed E-state index contributed by atoms with van der Waals surface area (Å²) in [6.45, 7) is 4.72. The van der Waals surface area contributed by atoms with Crippen molar-refractivity contribution in [3.8, 4) is 123 Å². The zero-order chi connectivity index (χ0) is 97.3. The first-order chi connectivity index (χ1) is 72.7. The number of aromatic nitrogens is 6. The van der Waals surface area contributed by atoms with Gasteiger partial charge in [-0.25, -0.2) is 0 Å². The molecule has 6 heteroatoms. The third-order valence-corrected chi connectivity index (χ3v) is 30.7. The molecule has 690 valence electrons. The van der Waals surface area contributed by atoms with E-state index in [2.05, 4.69) is 587 Å². The lowest BCUT2D eigenvalue weighted by Gasteiger charge is -2.22. The predicted octanol–water partition coefficient (Wildman–Crippen LogP) is 37.6. The first-order valence-corrected chi connectivity index (χ1v) is 50.8. The number of benzene rings is 23. The molecule has 0 N–H and O–H groups in total. The Hall–Kier alpha value is -19.1. The molecule has 23 aromatic carbocycles. The molecular formula is C141H96N6. The summed E-state index contributed by atoms with van der Waals surface area (Å²) in [7, 11) is 0. The molecule has 0 atom stereocenters. The summed E-state index contributed by atoms with van der Waals surface area (Å²) in [5.41, 5.74) is 44.0. The van der Waals surface area contributed by atoms with Gasteiger partial charge in [-0.15, -0.1) is 0 Å². The fraction of sp³-hybridized carbons (Fsp3) is 0.0213. The van der Waals surface area contributed by atoms with E-state index in [1.54, 1.807) is 0 Å². The zero-order valence-corrected chi connectivity index (χ0v) is 81.1. The number of rotatable bonds is 13. The lowest BCUT2D eigenvalue weighted by molar-refractivity contribution is 0.660. The molecule has 0 saturated carbocycles. The highest BCUT2D eigenvalue weighted by molar-refractivity contribution is 6.28. The van der Waals surface area contributed by atoms with Gasteiger partial charge in [0.15, 0.2) is 0 Å². The first kappa shape index (κ1) is 85.8. The molecule has 1 aliphatic carbocycles. The van der Waals surface area contributed by atoms with E-state index in [9.17, 15) is 0 Å². The number of fused-ring (bicyclic) bond motifs is 23. The quantitative estimate of drug-likeness (QED) is 0.110. The summed E-state index contributed by atoms with van der Waals surface area (Å²) >= 11 is 0. The van der Waals surface area contributed by atoms with Crippen LogP contribution < -0.4 is 0 Å². The Labute approximate surface area is 851 Å². The van der Waals surface area contributed by atoms with E-state index >= 15 is 0 Å². The largest absolute Gasteiger partial charge is 0.309 e. The van der Waals surface area contributed by atoms with Gasteiger partial charge in [0.05, 0.1) is 71.9 Å². The highest BCUT2D eigenvalue weighted by atomic mass is 15.0. The van der Waals surface area contributed by atoms with E-state index in [1.807, 2.05) is 0 Å². The van der Waals surface area contributed by atoms with Crippen molar-refractivity contribution in [1.82, 2.24) is 27.4 Å². The predicted molar refractivity (Wildman–Crippen MR) is 621 cm³/mol. The third kappa shape index (κ3) is 14.2. The molecule has 29 aromatic rings. The van der Waals surface area contributed by atoms with Crippen LogP contribution in [0.5, 0.6) is 0 Å². The van der Waals surface area contributed by atoms with E-state index in [4.69, 9.17) is 0 Å². The monoisotopic (exact) mass is 1870 g/mol. The Balaban J connectivity index is 0.000000107. The molecule has 0 fully saturated rings. The zero-order valence-electron chi connectivity index (χ0n) is 81.1. The minimum Gasteiger partial charge on any atom is -0.309 e. The lowest BCUT2D eigenvalue weighted by Crippen LogP contribution is -2.15. The number of nitrogens with zero attached hydrogens (tertiary/aromatic N) is 6. The Morgan fingerprint density at radius 3 is 0.946 bits per heavy atom. The van der Waals surface area contributed by atoms with Crippen LogP contribution in [0.15, 0.2) is 546 Å². The molecule has 0 radical (unpaired) electrons. The normalized spacial score (nSPS) is 12.2. The smallest absolute Gasteiger partial charge is 0.0641 e. The van der Waals surface area contributed by atoms with Crippen LogP contribution in [0.25, 0.3) is 254 Å². The molecule has 0 unspecified atom stereocenters. The maximum Gasteiger partial charge on any atom is 0.0641 e. The molecular weight excluding hydrogens is 1780 g/mol. The second kappa shape index (κ2) is 35.2. The van der Waals surface area contributed by atoms with Crippen molar-refractivity contribution in [2.75, 3.05) is 0 Å². The molecule has 0 amide bonds. The van der Waals surface area contributed by atoms with Gasteiger partial charge in [-0.3, -0.25) is 0 Å². The second-order valence-corrected chi connectivity index (χ2v) is 39.3. The summed E-state index contributed by atoms with van der Waals surface area (Å²) < 4.78 is 14.7. The van der Waals surface area contributed by atoms with Crippen LogP contribution in [0.2, 0.25) is 0 Å². The fourth-order valence-corrected chi connectivity index (χ4v) is 24.1. The van der Waals surface area contributed by atoms with Gasteiger partial charge < -0.3 is 27.4 Å². The molecule has 6 nitrogen and oxygen atoms in total. The van der Waals surface area contributed by atoms with E-state index in [1.165, 1.54) is 248 Å². The van der Waals surface area contributed by atoms with Gasteiger partial charge >= 0.3 is 0 Å². The fourth-order valence-electron chi connectivity index (χ4n) is 24.1. The van der Waals surface area contributed by atoms with Crippen LogP contribution in [0.3, 0.4) is 0 Å². The van der Waals surface area contributed by atoms with Gasteiger partial charge in [-0.05, 0) is 234 Å². The van der Waals surface area contributed by atoms with Crippen molar-refractivity contribution in [3.63, 3.8) is 0 Å². The van der Waals surface area contributed by atoms with Crippen LogP contribution in [0, 0.1) is 0 Å². The Morgan fingerprint density at radius 2 is 0.435 bits per heavy atom. The summed E-state index contributed by atoms with van der Waals surface area (Å²) in [4.78, 5) is 0. The SMILES string of the molecule is CC1(C)c2ccccc2-c2ccc(-n3c4ccccc4c4c3ccc3c5ccccc5n(-c5cccc(-c6cccc(-c7ccccc7)c6)c5)c34)cc21.c1ccc(-c2cccc(-c3ccc(-n4c5ccccc5c5ccc6c(c7ccccc7n6-c6ccccc6)c54)cc3)c2)cc1.c1ccc(-c2cccc(-n3c4ccccc4c4cc5c(cc43)c3ccccc3n5-c3ccccc3-c3ccccc3-c3ccccc3)c2)cc1. The summed E-state index contributed by atoms with van der Waals surface area (Å²) in [5, 5.41) is 15.1. The maximum atomic E-state index is 2.50. The lowest BCUT2D eigenvalue weighted by atomic mass is 9.82. The van der Waals surface area contributed by atoms with Crippen LogP contribution in [0.1, 0.15) is 25.0 Å². The first-order valence-electron chi connectivity index (χ1n) is 50.8. The van der Waals surface area contributed by atoms with Crippen LogP contribution in [0.4, 0.5) is 0 Å². The highest BCUT2D eigenvalue weighted by Gasteiger charge is 2.36. The van der Waals surface area contributed by atoms with E-state index in [0.29, 0.717) is 0 Å². The molecule has 0 saturated heterocycles. The molecule has 0 aliphatic heterocycles. The van der Waals surface area contributed by atoms with Gasteiger partial charge in [-0.1, -0.05) is 420 Å². The molecule has 0 spiro atoms. The summed E-state index contributed by atoms with van der Waals surface area (Å²) in [6, 6.07) is 199. The average Bonchev–Trinajstić information content (AvgIpc) is 1.51. The maximum absolute atomic E-state index is 2.50. The minimum absolute atomic E-state index is 0.0774. The van der Waals surface area contributed by atoms with E-state index in [0.717, 1.165) is 17.1 Å². The van der Waals surface area contributed by atoms with Gasteiger partial charge in [0.2, 0.25) is 0 Å². The Kier molecular flexibility index (Phi) is 20.6. The van der Waals surface area contributed by atoms with Crippen molar-refractivity contribution < 1.29 is 0 Å². The summed E-state index contributed by atoms with van der Waals surface area (Å²) in [6.07, 6.45) is 0. The molecule has 6 aromatic heterocycles. The number of hydrogen-bond acceptors (Lipinski definition) is 0. The Bertz CT molecular complexity index is 10300. The number of para-hydroxylation sites is 8. The van der Waals surface area contributed by atoms with Gasteiger partial charge in [0.25, 0.3) is 0 Å². The van der Waals surface area contributed by atoms with Crippen LogP contribution in [-0.4, -0.2) is 27.4 Å². The van der Waals surface area contributed by atoms with Gasteiger partial charge in [-0.2, -0.15) is 0 Å². The number of hydrogen-bond donors (Lipinski definition) is 0. The van der Waals surface area contributed by atoms with Crippen LogP contribution >= 0.6 is 0 Å². The molecule has 0 bridgehead atoms. The molecule has 1 aliphatic rings. The average molecular weight is 1870 g/mol. The Morgan fingerprint density at radius 1 is 0.136 bits per heavy atom. The van der Waals surface area contributed by atoms with Gasteiger partial charge in [0, 0.05) is 104 Å². The third-order valence-electron chi connectivity index (χ3n) is 30.7. The van der Waals surface area contributed by atoms with Crippen molar-refractivity contribution >= 4 is 131 Å². The van der Waals surface area contributed by atoms with E-state index in [-0.39, 0.29) is 5.41 Å². The molecule has 147 heavy (non-hydrogen) atoms.